The number of hydrogen-bond donors (Lipinski definition) is 1. The van der Waals surface area contributed by atoms with E-state index in [4.69, 9.17) is 9.47 Å². The fourth-order valence-corrected chi connectivity index (χ4v) is 2.85. The smallest absolute Gasteiger partial charge is 0.0900 e. The van der Waals surface area contributed by atoms with Crippen molar-refractivity contribution in [3.05, 3.63) is 0 Å². The quantitative estimate of drug-likeness (QED) is 0.664. The highest BCUT2D eigenvalue weighted by atomic mass is 32.2. The fraction of sp³-hybridized carbons (Fsp3) is 1.00. The Labute approximate surface area is 102 Å². The summed E-state index contributed by atoms with van der Waals surface area (Å²) in [5.41, 5.74) is 0. The van der Waals surface area contributed by atoms with Gasteiger partial charge < -0.3 is 14.6 Å². The molecule has 1 saturated heterocycles. The first kappa shape index (κ1) is 14.3. The maximum Gasteiger partial charge on any atom is 0.0900 e. The summed E-state index contributed by atoms with van der Waals surface area (Å²) in [5, 5.41) is 10.4. The molecule has 1 rings (SSSR count). The molecule has 2 unspecified atom stereocenters. The maximum absolute atomic E-state index is 9.77. The van der Waals surface area contributed by atoms with Gasteiger partial charge in [-0.05, 0) is 0 Å². The monoisotopic (exact) mass is 249 g/mol. The van der Waals surface area contributed by atoms with E-state index in [0.29, 0.717) is 25.1 Å². The van der Waals surface area contributed by atoms with Crippen LogP contribution in [0.25, 0.3) is 0 Å². The summed E-state index contributed by atoms with van der Waals surface area (Å²) >= 11 is 2.00. The molecular formula is C11H23NO3S. The molecule has 1 aliphatic heterocycles. The van der Waals surface area contributed by atoms with E-state index in [0.717, 1.165) is 19.6 Å². The zero-order valence-corrected chi connectivity index (χ0v) is 11.0. The van der Waals surface area contributed by atoms with Crippen LogP contribution in [-0.2, 0) is 9.47 Å². The lowest BCUT2D eigenvalue weighted by atomic mass is 10.3. The lowest BCUT2D eigenvalue weighted by Crippen LogP contribution is -2.42. The predicted molar refractivity (Wildman–Crippen MR) is 67.1 cm³/mol. The molecule has 1 aliphatic rings. The van der Waals surface area contributed by atoms with Crippen molar-refractivity contribution < 1.29 is 14.6 Å². The van der Waals surface area contributed by atoms with Crippen molar-refractivity contribution in [1.82, 2.24) is 4.90 Å². The van der Waals surface area contributed by atoms with Crippen molar-refractivity contribution >= 4 is 11.8 Å². The first-order valence-electron chi connectivity index (χ1n) is 5.81. The number of nitrogens with zero attached hydrogens (tertiary/aromatic N) is 1. The van der Waals surface area contributed by atoms with Gasteiger partial charge in [-0.3, -0.25) is 4.90 Å². The van der Waals surface area contributed by atoms with E-state index in [-0.39, 0.29) is 6.10 Å². The van der Waals surface area contributed by atoms with E-state index < -0.39 is 0 Å². The molecule has 0 spiro atoms. The van der Waals surface area contributed by atoms with Gasteiger partial charge in [-0.1, -0.05) is 6.92 Å². The minimum absolute atomic E-state index is 0.382. The van der Waals surface area contributed by atoms with Crippen LogP contribution in [0.15, 0.2) is 0 Å². The van der Waals surface area contributed by atoms with Crippen LogP contribution in [0.4, 0.5) is 0 Å². The van der Waals surface area contributed by atoms with Crippen LogP contribution < -0.4 is 0 Å². The second-order valence-corrected chi connectivity index (χ2v) is 5.71. The summed E-state index contributed by atoms with van der Waals surface area (Å²) in [6, 6.07) is 0. The van der Waals surface area contributed by atoms with E-state index in [1.807, 2.05) is 11.8 Å². The van der Waals surface area contributed by atoms with E-state index in [1.165, 1.54) is 5.75 Å². The van der Waals surface area contributed by atoms with Gasteiger partial charge in [0.15, 0.2) is 0 Å². The predicted octanol–water partition coefficient (Wildman–Crippen LogP) is 0.448. The van der Waals surface area contributed by atoms with Crippen molar-refractivity contribution in [1.29, 1.82) is 0 Å². The molecule has 0 aromatic heterocycles. The number of hydrogen-bond acceptors (Lipinski definition) is 5. The SMILES string of the molecule is COCCOCC(O)CN1CCSC(C)C1. The Balaban J connectivity index is 2.06. The first-order valence-corrected chi connectivity index (χ1v) is 6.86. The van der Waals surface area contributed by atoms with Crippen molar-refractivity contribution in [3.63, 3.8) is 0 Å². The third kappa shape index (κ3) is 6.06. The number of thioether (sulfide) groups is 1. The van der Waals surface area contributed by atoms with Gasteiger partial charge in [0.2, 0.25) is 0 Å². The Kier molecular flexibility index (Phi) is 7.40. The topological polar surface area (TPSA) is 41.9 Å². The van der Waals surface area contributed by atoms with Crippen LogP contribution in [0.2, 0.25) is 0 Å². The van der Waals surface area contributed by atoms with E-state index in [2.05, 4.69) is 11.8 Å². The molecule has 0 radical (unpaired) electrons. The second-order valence-electron chi connectivity index (χ2n) is 4.16. The van der Waals surface area contributed by atoms with Crippen LogP contribution in [0.5, 0.6) is 0 Å². The summed E-state index contributed by atoms with van der Waals surface area (Å²) in [5.74, 6) is 1.17. The normalized spacial score (nSPS) is 24.6. The molecule has 0 saturated carbocycles. The molecule has 0 aromatic rings. The van der Waals surface area contributed by atoms with Gasteiger partial charge in [0.1, 0.15) is 0 Å². The Morgan fingerprint density at radius 3 is 3.00 bits per heavy atom. The van der Waals surface area contributed by atoms with Crippen molar-refractivity contribution in [2.24, 2.45) is 0 Å². The summed E-state index contributed by atoms with van der Waals surface area (Å²) < 4.78 is 10.2. The zero-order chi connectivity index (χ0) is 11.8. The Morgan fingerprint density at radius 1 is 1.50 bits per heavy atom. The van der Waals surface area contributed by atoms with Crippen LogP contribution in [0.3, 0.4) is 0 Å². The van der Waals surface area contributed by atoms with E-state index in [1.54, 1.807) is 7.11 Å². The third-order valence-electron chi connectivity index (χ3n) is 2.54. The Morgan fingerprint density at radius 2 is 2.31 bits per heavy atom. The van der Waals surface area contributed by atoms with Crippen LogP contribution in [0.1, 0.15) is 6.92 Å². The molecule has 16 heavy (non-hydrogen) atoms. The van der Waals surface area contributed by atoms with Crippen molar-refractivity contribution in [2.75, 3.05) is 52.3 Å². The molecule has 1 N–H and O–H groups in total. The van der Waals surface area contributed by atoms with Crippen molar-refractivity contribution in [3.8, 4) is 0 Å². The molecular weight excluding hydrogens is 226 g/mol. The standard InChI is InChI=1S/C11H23NO3S/c1-10-7-12(3-6-16-10)8-11(13)9-15-5-4-14-2/h10-11,13H,3-9H2,1-2H3. The highest BCUT2D eigenvalue weighted by molar-refractivity contribution is 7.99. The van der Waals surface area contributed by atoms with E-state index >= 15 is 0 Å². The molecule has 2 atom stereocenters. The summed E-state index contributed by atoms with van der Waals surface area (Å²) in [4.78, 5) is 2.31. The molecule has 5 heteroatoms. The molecule has 0 aromatic carbocycles. The van der Waals surface area contributed by atoms with E-state index in [9.17, 15) is 5.11 Å². The highest BCUT2D eigenvalue weighted by Gasteiger charge is 2.19. The number of β-amino-alcohol motifs (C(OH)–C–C–N with tert-alkyl or cyclic N) is 1. The van der Waals surface area contributed by atoms with Gasteiger partial charge in [0, 0.05) is 37.7 Å². The molecule has 0 amide bonds. The van der Waals surface area contributed by atoms with Gasteiger partial charge >= 0.3 is 0 Å². The molecule has 96 valence electrons. The number of ether oxygens (including phenoxy) is 2. The number of aliphatic hydroxyl groups is 1. The maximum atomic E-state index is 9.77. The molecule has 1 heterocycles. The summed E-state index contributed by atoms with van der Waals surface area (Å²) in [6.45, 7) is 6.64. The van der Waals surface area contributed by atoms with Gasteiger partial charge in [0.25, 0.3) is 0 Å². The third-order valence-corrected chi connectivity index (χ3v) is 3.67. The Hall–Kier alpha value is 0.190. The molecule has 4 nitrogen and oxygen atoms in total. The second kappa shape index (κ2) is 8.31. The van der Waals surface area contributed by atoms with Gasteiger partial charge in [-0.15, -0.1) is 0 Å². The molecule has 1 fully saturated rings. The fourth-order valence-electron chi connectivity index (χ4n) is 1.77. The summed E-state index contributed by atoms with van der Waals surface area (Å²) in [7, 11) is 1.65. The van der Waals surface area contributed by atoms with Gasteiger partial charge in [0.05, 0.1) is 25.9 Å². The largest absolute Gasteiger partial charge is 0.389 e. The summed E-state index contributed by atoms with van der Waals surface area (Å²) in [6.07, 6.45) is -0.382. The average Bonchev–Trinajstić information content (AvgIpc) is 2.24. The number of aliphatic hydroxyl groups excluding tert-OH is 1. The zero-order valence-electron chi connectivity index (χ0n) is 10.2. The lowest BCUT2D eigenvalue weighted by molar-refractivity contribution is 0.0000163. The average molecular weight is 249 g/mol. The molecule has 0 aliphatic carbocycles. The minimum Gasteiger partial charge on any atom is -0.389 e. The molecule has 0 bridgehead atoms. The van der Waals surface area contributed by atoms with Gasteiger partial charge in [-0.25, -0.2) is 0 Å². The first-order chi connectivity index (χ1) is 7.72. The Bertz CT molecular complexity index is 183. The van der Waals surface area contributed by atoms with Crippen LogP contribution >= 0.6 is 11.8 Å². The van der Waals surface area contributed by atoms with Gasteiger partial charge in [-0.2, -0.15) is 11.8 Å². The van der Waals surface area contributed by atoms with Crippen molar-refractivity contribution in [2.45, 2.75) is 18.3 Å². The number of methoxy groups -OCH3 is 1. The number of rotatable bonds is 7. The highest BCUT2D eigenvalue weighted by Crippen LogP contribution is 2.17. The van der Waals surface area contributed by atoms with Crippen LogP contribution in [-0.4, -0.2) is 73.7 Å². The minimum atomic E-state index is -0.382. The van der Waals surface area contributed by atoms with Crippen LogP contribution in [0, 0.1) is 0 Å². The lowest BCUT2D eigenvalue weighted by Gasteiger charge is -2.31.